The highest BCUT2D eigenvalue weighted by Crippen LogP contribution is 2.64. The fourth-order valence-corrected chi connectivity index (χ4v) is 2.77. The summed E-state index contributed by atoms with van der Waals surface area (Å²) in [5, 5.41) is 2.60. The van der Waals surface area contributed by atoms with Gasteiger partial charge < -0.3 is 19.5 Å². The summed E-state index contributed by atoms with van der Waals surface area (Å²) in [6.07, 6.45) is 0.311. The van der Waals surface area contributed by atoms with E-state index in [1.807, 2.05) is 0 Å². The van der Waals surface area contributed by atoms with Crippen LogP contribution in [-0.2, 0) is 14.3 Å². The smallest absolute Gasteiger partial charge is 0.315 e. The lowest BCUT2D eigenvalue weighted by Gasteiger charge is -2.12. The Balaban J connectivity index is 1.52. The molecule has 1 heterocycles. The third-order valence-electron chi connectivity index (χ3n) is 3.70. The monoisotopic (exact) mass is 345 g/mol. The molecule has 22 heavy (non-hydrogen) atoms. The number of carbonyl (C=O) groups is 2. The number of amides is 1. The first-order valence-corrected chi connectivity index (χ1v) is 7.32. The quantitative estimate of drug-likeness (QED) is 0.670. The zero-order valence-corrected chi connectivity index (χ0v) is 13.2. The lowest BCUT2D eigenvalue weighted by molar-refractivity contribution is -0.152. The molecule has 1 aromatic rings. The predicted octanol–water partition coefficient (Wildman–Crippen LogP) is 2.48. The molecule has 1 saturated carbocycles. The molecule has 3 rings (SSSR count). The first-order valence-electron chi connectivity index (χ1n) is 6.56. The van der Waals surface area contributed by atoms with E-state index in [-0.39, 0.29) is 6.79 Å². The van der Waals surface area contributed by atoms with Gasteiger partial charge in [-0.1, -0.05) is 0 Å². The van der Waals surface area contributed by atoms with Crippen LogP contribution in [0.25, 0.3) is 0 Å². The van der Waals surface area contributed by atoms with Crippen LogP contribution in [0.3, 0.4) is 0 Å². The van der Waals surface area contributed by atoms with Gasteiger partial charge in [-0.25, -0.2) is 0 Å². The standard InChI is InChI=1S/C14H13Cl2NO5/c1-13(6-14(13,15)16)12(19)20-5-11(18)17-8-2-3-9-10(4-8)22-7-21-9/h2-4H,5-7H2,1H3,(H,17,18). The molecule has 1 fully saturated rings. The van der Waals surface area contributed by atoms with Gasteiger partial charge in [-0.2, -0.15) is 0 Å². The normalized spacial score (nSPS) is 23.8. The maximum absolute atomic E-state index is 11.8. The number of carbonyl (C=O) groups excluding carboxylic acids is 2. The fourth-order valence-electron chi connectivity index (χ4n) is 2.08. The van der Waals surface area contributed by atoms with E-state index in [2.05, 4.69) is 5.32 Å². The van der Waals surface area contributed by atoms with Crippen molar-refractivity contribution in [2.45, 2.75) is 17.7 Å². The van der Waals surface area contributed by atoms with Crippen molar-refractivity contribution in [2.24, 2.45) is 5.41 Å². The van der Waals surface area contributed by atoms with Crippen LogP contribution in [0, 0.1) is 5.41 Å². The van der Waals surface area contributed by atoms with Crippen LogP contribution >= 0.6 is 23.2 Å². The summed E-state index contributed by atoms with van der Waals surface area (Å²) < 4.78 is 14.2. The molecule has 1 aliphatic heterocycles. The van der Waals surface area contributed by atoms with E-state index in [9.17, 15) is 9.59 Å². The second-order valence-corrected chi connectivity index (χ2v) is 6.89. The molecular formula is C14H13Cl2NO5. The molecule has 1 atom stereocenters. The molecule has 6 nitrogen and oxygen atoms in total. The lowest BCUT2D eigenvalue weighted by atomic mass is 10.1. The summed E-state index contributed by atoms with van der Waals surface area (Å²) in [6, 6.07) is 4.98. The topological polar surface area (TPSA) is 73.9 Å². The second-order valence-electron chi connectivity index (χ2n) is 5.41. The second kappa shape index (κ2) is 5.21. The molecule has 118 valence electrons. The Labute approximate surface area is 136 Å². The number of rotatable bonds is 4. The molecular weight excluding hydrogens is 333 g/mol. The fraction of sp³-hybridized carbons (Fsp3) is 0.429. The van der Waals surface area contributed by atoms with Crippen molar-refractivity contribution in [2.75, 3.05) is 18.7 Å². The third-order valence-corrected chi connectivity index (χ3v) is 4.80. The maximum atomic E-state index is 11.8. The van der Waals surface area contributed by atoms with Gasteiger partial charge in [0.05, 0.1) is 0 Å². The van der Waals surface area contributed by atoms with Crippen LogP contribution in [0.4, 0.5) is 5.69 Å². The van der Waals surface area contributed by atoms with Gasteiger partial charge in [0.25, 0.3) is 5.91 Å². The number of alkyl halides is 2. The summed E-state index contributed by atoms with van der Waals surface area (Å²) in [5.41, 5.74) is -0.429. The molecule has 1 aliphatic carbocycles. The maximum Gasteiger partial charge on any atom is 0.315 e. The number of hydrogen-bond acceptors (Lipinski definition) is 5. The van der Waals surface area contributed by atoms with Gasteiger partial charge in [0.2, 0.25) is 6.79 Å². The molecule has 8 heteroatoms. The number of anilines is 1. The number of nitrogens with one attached hydrogen (secondary N) is 1. The van der Waals surface area contributed by atoms with E-state index in [0.717, 1.165) is 0 Å². The highest BCUT2D eigenvalue weighted by molar-refractivity contribution is 6.53. The Hall–Kier alpha value is -1.66. The minimum atomic E-state index is -1.11. The van der Waals surface area contributed by atoms with Crippen LogP contribution in [0.5, 0.6) is 11.5 Å². The Morgan fingerprint density at radius 3 is 2.68 bits per heavy atom. The number of ether oxygens (including phenoxy) is 3. The van der Waals surface area contributed by atoms with Gasteiger partial charge in [0.15, 0.2) is 18.1 Å². The molecule has 1 amide bonds. The largest absolute Gasteiger partial charge is 0.455 e. The predicted molar refractivity (Wildman–Crippen MR) is 79.3 cm³/mol. The SMILES string of the molecule is CC1(C(=O)OCC(=O)Nc2ccc3c(c2)OCO3)CC1(Cl)Cl. The Morgan fingerprint density at radius 2 is 2.00 bits per heavy atom. The average Bonchev–Trinajstić information content (AvgIpc) is 2.82. The van der Waals surface area contributed by atoms with E-state index in [4.69, 9.17) is 37.4 Å². The van der Waals surface area contributed by atoms with Crippen LogP contribution in [-0.4, -0.2) is 29.6 Å². The Bertz CT molecular complexity index is 648. The molecule has 0 saturated heterocycles. The molecule has 0 aromatic heterocycles. The zero-order chi connectivity index (χ0) is 16.0. The summed E-state index contributed by atoms with van der Waals surface area (Å²) in [5.74, 6) is 0.116. The van der Waals surface area contributed by atoms with Crippen molar-refractivity contribution in [3.05, 3.63) is 18.2 Å². The summed E-state index contributed by atoms with van der Waals surface area (Å²) in [7, 11) is 0. The van der Waals surface area contributed by atoms with Gasteiger partial charge in [-0.3, -0.25) is 9.59 Å². The number of fused-ring (bicyclic) bond motifs is 1. The molecule has 0 bridgehead atoms. The highest BCUT2D eigenvalue weighted by Gasteiger charge is 2.69. The first kappa shape index (κ1) is 15.2. The van der Waals surface area contributed by atoms with Crippen LogP contribution in [0.15, 0.2) is 18.2 Å². The van der Waals surface area contributed by atoms with E-state index in [0.29, 0.717) is 23.6 Å². The van der Waals surface area contributed by atoms with Crippen molar-refractivity contribution in [3.8, 4) is 11.5 Å². The van der Waals surface area contributed by atoms with E-state index in [1.165, 1.54) is 0 Å². The van der Waals surface area contributed by atoms with E-state index in [1.54, 1.807) is 25.1 Å². The van der Waals surface area contributed by atoms with Gasteiger partial charge in [0, 0.05) is 18.2 Å². The van der Waals surface area contributed by atoms with E-state index >= 15 is 0 Å². The number of benzene rings is 1. The lowest BCUT2D eigenvalue weighted by Crippen LogP contribution is -2.26. The highest BCUT2D eigenvalue weighted by atomic mass is 35.5. The molecule has 1 aromatic carbocycles. The molecule has 1 unspecified atom stereocenters. The third kappa shape index (κ3) is 2.68. The number of halogens is 2. The van der Waals surface area contributed by atoms with Gasteiger partial charge in [0.1, 0.15) is 9.75 Å². The van der Waals surface area contributed by atoms with Crippen molar-refractivity contribution < 1.29 is 23.8 Å². The zero-order valence-electron chi connectivity index (χ0n) is 11.7. The Morgan fingerprint density at radius 1 is 1.32 bits per heavy atom. The van der Waals surface area contributed by atoms with Gasteiger partial charge in [-0.15, -0.1) is 23.2 Å². The Kier molecular flexibility index (Phi) is 3.61. The molecule has 2 aliphatic rings. The first-order chi connectivity index (χ1) is 10.3. The molecule has 0 spiro atoms. The van der Waals surface area contributed by atoms with Crippen LogP contribution in [0.1, 0.15) is 13.3 Å². The summed E-state index contributed by atoms with van der Waals surface area (Å²) in [6.45, 7) is 1.35. The van der Waals surface area contributed by atoms with Crippen molar-refractivity contribution in [1.82, 2.24) is 0 Å². The van der Waals surface area contributed by atoms with Crippen LogP contribution < -0.4 is 14.8 Å². The number of esters is 1. The molecule has 0 radical (unpaired) electrons. The average molecular weight is 346 g/mol. The minimum Gasteiger partial charge on any atom is -0.455 e. The van der Waals surface area contributed by atoms with Crippen molar-refractivity contribution in [3.63, 3.8) is 0 Å². The van der Waals surface area contributed by atoms with Crippen LogP contribution in [0.2, 0.25) is 0 Å². The summed E-state index contributed by atoms with van der Waals surface area (Å²) >= 11 is 11.8. The van der Waals surface area contributed by atoms with E-state index < -0.39 is 28.2 Å². The summed E-state index contributed by atoms with van der Waals surface area (Å²) in [4.78, 5) is 23.6. The number of hydrogen-bond donors (Lipinski definition) is 1. The minimum absolute atomic E-state index is 0.154. The molecule has 1 N–H and O–H groups in total. The van der Waals surface area contributed by atoms with Crippen molar-refractivity contribution in [1.29, 1.82) is 0 Å². The van der Waals surface area contributed by atoms with Gasteiger partial charge >= 0.3 is 5.97 Å². The van der Waals surface area contributed by atoms with Crippen molar-refractivity contribution >= 4 is 40.8 Å². The van der Waals surface area contributed by atoms with Gasteiger partial charge in [-0.05, 0) is 19.1 Å².